The Balaban J connectivity index is 1.87. The number of hydrogen-bond donors (Lipinski definition) is 1. The van der Waals surface area contributed by atoms with Crippen LogP contribution < -0.4 is 5.32 Å². The van der Waals surface area contributed by atoms with E-state index in [1.807, 2.05) is 13.8 Å². The second kappa shape index (κ2) is 4.97. The van der Waals surface area contributed by atoms with Gasteiger partial charge in [-0.1, -0.05) is 0 Å². The van der Waals surface area contributed by atoms with Gasteiger partial charge in [0.1, 0.15) is 5.76 Å². The maximum atomic E-state index is 5.53. The number of rotatable bonds is 4. The van der Waals surface area contributed by atoms with Crippen LogP contribution in [0.15, 0.2) is 4.42 Å². The molecule has 1 heterocycles. The van der Waals surface area contributed by atoms with E-state index in [0.717, 1.165) is 23.8 Å². The Morgan fingerprint density at radius 1 is 1.44 bits per heavy atom. The second-order valence-electron chi connectivity index (χ2n) is 4.44. The summed E-state index contributed by atoms with van der Waals surface area (Å²) in [6.45, 7) is 4.61. The molecule has 90 valence electrons. The minimum atomic E-state index is 0.345. The van der Waals surface area contributed by atoms with Crippen molar-refractivity contribution in [2.75, 3.05) is 7.11 Å². The highest BCUT2D eigenvalue weighted by atomic mass is 16.5. The van der Waals surface area contributed by atoms with Crippen LogP contribution in [0, 0.1) is 13.8 Å². The van der Waals surface area contributed by atoms with Gasteiger partial charge >= 0.3 is 0 Å². The van der Waals surface area contributed by atoms with Gasteiger partial charge < -0.3 is 14.5 Å². The highest BCUT2D eigenvalue weighted by Crippen LogP contribution is 2.21. The Morgan fingerprint density at radius 3 is 2.88 bits per heavy atom. The predicted molar refractivity (Wildman–Crippen MR) is 61.3 cm³/mol. The van der Waals surface area contributed by atoms with Gasteiger partial charge in [-0.25, -0.2) is 4.98 Å². The minimum Gasteiger partial charge on any atom is -0.444 e. The van der Waals surface area contributed by atoms with E-state index < -0.39 is 0 Å². The molecule has 0 spiro atoms. The molecule has 0 bridgehead atoms. The van der Waals surface area contributed by atoms with E-state index in [4.69, 9.17) is 9.15 Å². The maximum absolute atomic E-state index is 5.53. The Morgan fingerprint density at radius 2 is 2.25 bits per heavy atom. The number of hydrogen-bond acceptors (Lipinski definition) is 4. The van der Waals surface area contributed by atoms with Gasteiger partial charge in [0.15, 0.2) is 0 Å². The molecule has 4 heteroatoms. The molecule has 2 unspecified atom stereocenters. The molecule has 1 N–H and O–H groups in total. The summed E-state index contributed by atoms with van der Waals surface area (Å²) in [6.07, 6.45) is 3.91. The molecule has 1 aliphatic rings. The molecule has 2 atom stereocenters. The Hall–Kier alpha value is -0.870. The number of methoxy groups -OCH3 is 1. The number of aromatic nitrogens is 1. The molecule has 0 aliphatic heterocycles. The van der Waals surface area contributed by atoms with Crippen molar-refractivity contribution in [1.29, 1.82) is 0 Å². The molecule has 0 aromatic carbocycles. The number of ether oxygens (including phenoxy) is 1. The average Bonchev–Trinajstić information content (AvgIpc) is 2.83. The summed E-state index contributed by atoms with van der Waals surface area (Å²) in [5.74, 6) is 1.68. The van der Waals surface area contributed by atoms with E-state index in [1.54, 1.807) is 7.11 Å². The summed E-state index contributed by atoms with van der Waals surface area (Å²) in [5, 5.41) is 3.46. The highest BCUT2D eigenvalue weighted by molar-refractivity contribution is 5.05. The summed E-state index contributed by atoms with van der Waals surface area (Å²) < 4.78 is 11.0. The zero-order valence-electron chi connectivity index (χ0n) is 10.2. The number of aryl methyl sites for hydroxylation is 2. The van der Waals surface area contributed by atoms with E-state index in [2.05, 4.69) is 10.3 Å². The maximum Gasteiger partial charge on any atom is 0.208 e. The summed E-state index contributed by atoms with van der Waals surface area (Å²) >= 11 is 0. The first kappa shape index (κ1) is 11.6. The van der Waals surface area contributed by atoms with E-state index in [0.29, 0.717) is 18.7 Å². The summed E-state index contributed by atoms with van der Waals surface area (Å²) in [6, 6.07) is 0.442. The van der Waals surface area contributed by atoms with E-state index in [-0.39, 0.29) is 0 Å². The molecule has 1 aromatic heterocycles. The van der Waals surface area contributed by atoms with Crippen molar-refractivity contribution in [3.63, 3.8) is 0 Å². The van der Waals surface area contributed by atoms with Gasteiger partial charge in [-0.15, -0.1) is 0 Å². The number of oxazole rings is 1. The molecular weight excluding hydrogens is 204 g/mol. The van der Waals surface area contributed by atoms with Crippen LogP contribution in [0.1, 0.15) is 36.6 Å². The van der Waals surface area contributed by atoms with Gasteiger partial charge in [-0.05, 0) is 33.1 Å². The third kappa shape index (κ3) is 2.44. The van der Waals surface area contributed by atoms with Crippen LogP contribution in [0.4, 0.5) is 0 Å². The molecule has 0 radical (unpaired) electrons. The minimum absolute atomic E-state index is 0.345. The van der Waals surface area contributed by atoms with Crippen LogP contribution in [0.5, 0.6) is 0 Å². The van der Waals surface area contributed by atoms with Gasteiger partial charge in [0.25, 0.3) is 0 Å². The van der Waals surface area contributed by atoms with Crippen LogP contribution in [0.2, 0.25) is 0 Å². The lowest BCUT2D eigenvalue weighted by molar-refractivity contribution is 0.0839. The van der Waals surface area contributed by atoms with Gasteiger partial charge in [0.05, 0.1) is 18.3 Å². The fourth-order valence-electron chi connectivity index (χ4n) is 2.27. The molecule has 16 heavy (non-hydrogen) atoms. The van der Waals surface area contributed by atoms with Gasteiger partial charge in [0.2, 0.25) is 5.89 Å². The number of nitrogens with zero attached hydrogens (tertiary/aromatic N) is 1. The van der Waals surface area contributed by atoms with Crippen molar-refractivity contribution in [3.05, 3.63) is 17.3 Å². The Kier molecular flexibility index (Phi) is 3.61. The van der Waals surface area contributed by atoms with Crippen LogP contribution in [0.3, 0.4) is 0 Å². The third-order valence-electron chi connectivity index (χ3n) is 3.34. The Bertz CT molecular complexity index is 329. The largest absolute Gasteiger partial charge is 0.444 e. The fourth-order valence-corrected chi connectivity index (χ4v) is 2.27. The highest BCUT2D eigenvalue weighted by Gasteiger charge is 2.26. The van der Waals surface area contributed by atoms with Crippen LogP contribution in [-0.4, -0.2) is 24.2 Å². The van der Waals surface area contributed by atoms with Crippen LogP contribution >= 0.6 is 0 Å². The molecular formula is C12H20N2O2. The van der Waals surface area contributed by atoms with Gasteiger partial charge in [-0.3, -0.25) is 0 Å². The first-order valence-electron chi connectivity index (χ1n) is 5.90. The molecule has 1 aliphatic carbocycles. The molecule has 2 rings (SSSR count). The molecule has 1 aromatic rings. The average molecular weight is 224 g/mol. The Labute approximate surface area is 96.4 Å². The van der Waals surface area contributed by atoms with Crippen molar-refractivity contribution in [2.24, 2.45) is 0 Å². The fraction of sp³-hybridized carbons (Fsp3) is 0.750. The normalized spacial score (nSPS) is 25.2. The van der Waals surface area contributed by atoms with E-state index in [1.165, 1.54) is 12.8 Å². The zero-order chi connectivity index (χ0) is 11.5. The molecule has 0 amide bonds. The van der Waals surface area contributed by atoms with Crippen LogP contribution in [-0.2, 0) is 11.3 Å². The molecule has 1 saturated carbocycles. The molecule has 1 fully saturated rings. The predicted octanol–water partition coefficient (Wildman–Crippen LogP) is 1.95. The first-order chi connectivity index (χ1) is 7.70. The van der Waals surface area contributed by atoms with Gasteiger partial charge in [0, 0.05) is 13.2 Å². The monoisotopic (exact) mass is 224 g/mol. The second-order valence-corrected chi connectivity index (χ2v) is 4.44. The topological polar surface area (TPSA) is 47.3 Å². The van der Waals surface area contributed by atoms with Crippen molar-refractivity contribution >= 4 is 0 Å². The summed E-state index contributed by atoms with van der Waals surface area (Å²) in [5.41, 5.74) is 0.978. The standard InChI is InChI=1S/C12H20N2O2/c1-8-9(2)16-12(14-8)7-13-10-5-4-6-11(10)15-3/h10-11,13H,4-7H2,1-3H3. The zero-order valence-corrected chi connectivity index (χ0v) is 10.2. The van der Waals surface area contributed by atoms with Crippen molar-refractivity contribution in [2.45, 2.75) is 51.8 Å². The lowest BCUT2D eigenvalue weighted by Gasteiger charge is -2.18. The van der Waals surface area contributed by atoms with Crippen molar-refractivity contribution in [3.8, 4) is 0 Å². The van der Waals surface area contributed by atoms with Gasteiger partial charge in [-0.2, -0.15) is 0 Å². The molecule has 0 saturated heterocycles. The molecule has 4 nitrogen and oxygen atoms in total. The summed E-state index contributed by atoms with van der Waals surface area (Å²) in [4.78, 5) is 4.35. The first-order valence-corrected chi connectivity index (χ1v) is 5.90. The lowest BCUT2D eigenvalue weighted by atomic mass is 10.2. The lowest BCUT2D eigenvalue weighted by Crippen LogP contribution is -2.36. The van der Waals surface area contributed by atoms with Crippen molar-refractivity contribution in [1.82, 2.24) is 10.3 Å². The number of nitrogens with one attached hydrogen (secondary N) is 1. The van der Waals surface area contributed by atoms with E-state index in [9.17, 15) is 0 Å². The van der Waals surface area contributed by atoms with Crippen molar-refractivity contribution < 1.29 is 9.15 Å². The third-order valence-corrected chi connectivity index (χ3v) is 3.34. The van der Waals surface area contributed by atoms with Crippen LogP contribution in [0.25, 0.3) is 0 Å². The quantitative estimate of drug-likeness (QED) is 0.849. The van der Waals surface area contributed by atoms with E-state index >= 15 is 0 Å². The summed E-state index contributed by atoms with van der Waals surface area (Å²) in [7, 11) is 1.78. The smallest absolute Gasteiger partial charge is 0.208 e. The SMILES string of the molecule is COC1CCCC1NCc1nc(C)c(C)o1.